The average Bonchev–Trinajstić information content (AvgIpc) is 3.44. The molecule has 0 saturated carbocycles. The first kappa shape index (κ1) is 24.3. The summed E-state index contributed by atoms with van der Waals surface area (Å²) < 4.78 is 10.7. The molecular formula is C28H30N6O3. The molecule has 1 aliphatic rings. The van der Waals surface area contributed by atoms with Crippen molar-refractivity contribution in [1.29, 1.82) is 0 Å². The molecule has 2 N–H and O–H groups in total. The second-order valence-corrected chi connectivity index (χ2v) is 9.21. The fourth-order valence-corrected chi connectivity index (χ4v) is 4.40. The molecule has 4 aromatic rings. The molecule has 5 rings (SSSR count). The second kappa shape index (κ2) is 10.7. The van der Waals surface area contributed by atoms with Crippen molar-refractivity contribution in [2.75, 3.05) is 37.5 Å². The van der Waals surface area contributed by atoms with Gasteiger partial charge in [-0.05, 0) is 67.3 Å². The molecule has 0 unspecified atom stereocenters. The van der Waals surface area contributed by atoms with Crippen LogP contribution in [-0.4, -0.2) is 53.6 Å². The Balaban J connectivity index is 1.24. The van der Waals surface area contributed by atoms with Crippen LogP contribution in [-0.2, 0) is 0 Å². The van der Waals surface area contributed by atoms with E-state index in [4.69, 9.17) is 9.47 Å². The minimum atomic E-state index is -0.298. The van der Waals surface area contributed by atoms with Crippen molar-refractivity contribution in [3.8, 4) is 34.0 Å². The Bertz CT molecular complexity index is 1360. The van der Waals surface area contributed by atoms with E-state index in [1.54, 1.807) is 32.4 Å². The second-order valence-electron chi connectivity index (χ2n) is 9.21. The highest BCUT2D eigenvalue weighted by Crippen LogP contribution is 2.32. The minimum absolute atomic E-state index is 0.298. The molecular weight excluding hydrogens is 468 g/mol. The lowest BCUT2D eigenvalue weighted by molar-refractivity contribution is 0.102. The zero-order chi connectivity index (χ0) is 25.8. The number of carbonyl (C=O) groups excluding carboxylic acids is 1. The van der Waals surface area contributed by atoms with Gasteiger partial charge in [0.2, 0.25) is 0 Å². The Morgan fingerprint density at radius 3 is 2.41 bits per heavy atom. The number of amides is 1. The Labute approximate surface area is 215 Å². The lowest BCUT2D eigenvalue weighted by Crippen LogP contribution is -2.33. The quantitative estimate of drug-likeness (QED) is 0.368. The van der Waals surface area contributed by atoms with Crippen LogP contribution < -0.4 is 19.7 Å². The zero-order valence-electron chi connectivity index (χ0n) is 21.2. The van der Waals surface area contributed by atoms with Crippen molar-refractivity contribution in [3.05, 3.63) is 66.4 Å². The van der Waals surface area contributed by atoms with Crippen LogP contribution in [0.5, 0.6) is 11.5 Å². The van der Waals surface area contributed by atoms with Crippen LogP contribution in [0.3, 0.4) is 0 Å². The average molecular weight is 499 g/mol. The number of anilines is 2. The van der Waals surface area contributed by atoms with Gasteiger partial charge in [-0.1, -0.05) is 19.1 Å². The third-order valence-electron chi connectivity index (χ3n) is 6.70. The molecule has 9 heteroatoms. The molecule has 0 spiro atoms. The van der Waals surface area contributed by atoms with Crippen molar-refractivity contribution in [2.45, 2.75) is 19.8 Å². The topological polar surface area (TPSA) is 105 Å². The summed E-state index contributed by atoms with van der Waals surface area (Å²) in [7, 11) is 3.18. The van der Waals surface area contributed by atoms with Crippen LogP contribution in [0.2, 0.25) is 0 Å². The maximum absolute atomic E-state index is 12.8. The van der Waals surface area contributed by atoms with Crippen LogP contribution >= 0.6 is 0 Å². The Hall–Kier alpha value is -4.40. The van der Waals surface area contributed by atoms with Crippen molar-refractivity contribution in [2.24, 2.45) is 5.92 Å². The van der Waals surface area contributed by atoms with Gasteiger partial charge in [-0.25, -0.2) is 0 Å². The van der Waals surface area contributed by atoms with E-state index >= 15 is 0 Å². The summed E-state index contributed by atoms with van der Waals surface area (Å²) in [5, 5.41) is 18.9. The highest BCUT2D eigenvalue weighted by molar-refractivity contribution is 6.03. The summed E-state index contributed by atoms with van der Waals surface area (Å²) >= 11 is 0. The third kappa shape index (κ3) is 5.40. The first-order valence-corrected chi connectivity index (χ1v) is 12.3. The fraction of sp³-hybridized carbons (Fsp3) is 0.286. The van der Waals surface area contributed by atoms with Crippen LogP contribution in [0.15, 0.2) is 60.7 Å². The number of rotatable bonds is 7. The maximum Gasteiger partial charge on any atom is 0.273 e. The van der Waals surface area contributed by atoms with Gasteiger partial charge in [-0.15, -0.1) is 10.2 Å². The highest BCUT2D eigenvalue weighted by atomic mass is 16.5. The summed E-state index contributed by atoms with van der Waals surface area (Å²) in [5.74, 6) is 2.70. The number of nitrogens with one attached hydrogen (secondary N) is 2. The maximum atomic E-state index is 12.8. The molecule has 1 fully saturated rings. The Kier molecular flexibility index (Phi) is 7.02. The number of ether oxygens (including phenoxy) is 2. The van der Waals surface area contributed by atoms with E-state index in [0.29, 0.717) is 28.6 Å². The summed E-state index contributed by atoms with van der Waals surface area (Å²) in [6.07, 6.45) is 2.37. The summed E-state index contributed by atoms with van der Waals surface area (Å²) in [6.45, 7) is 4.34. The van der Waals surface area contributed by atoms with Gasteiger partial charge in [0, 0.05) is 29.9 Å². The first-order chi connectivity index (χ1) is 18.0. The SMILES string of the molecule is COc1ccc(OC)c(-c2cc(C(=O)Nc3ccc(-c4ccc(N5CCC(C)CC5)nn4)cc3)[nH]n2)c1. The number of aromatic nitrogens is 4. The van der Waals surface area contributed by atoms with E-state index < -0.39 is 0 Å². The monoisotopic (exact) mass is 498 g/mol. The predicted octanol–water partition coefficient (Wildman–Crippen LogP) is 5.04. The summed E-state index contributed by atoms with van der Waals surface area (Å²) in [4.78, 5) is 15.1. The zero-order valence-corrected chi connectivity index (χ0v) is 21.2. The fourth-order valence-electron chi connectivity index (χ4n) is 4.40. The number of hydrogen-bond acceptors (Lipinski definition) is 7. The molecule has 0 radical (unpaired) electrons. The van der Waals surface area contributed by atoms with Gasteiger partial charge in [0.15, 0.2) is 5.82 Å². The largest absolute Gasteiger partial charge is 0.497 e. The number of benzene rings is 2. The van der Waals surface area contributed by atoms with E-state index in [2.05, 4.69) is 37.5 Å². The van der Waals surface area contributed by atoms with E-state index in [0.717, 1.165) is 41.6 Å². The highest BCUT2D eigenvalue weighted by Gasteiger charge is 2.18. The molecule has 2 aromatic heterocycles. The third-order valence-corrected chi connectivity index (χ3v) is 6.70. The van der Waals surface area contributed by atoms with Gasteiger partial charge in [0.1, 0.15) is 17.2 Å². The molecule has 1 aliphatic heterocycles. The van der Waals surface area contributed by atoms with Gasteiger partial charge in [0.25, 0.3) is 5.91 Å². The normalized spacial score (nSPS) is 13.9. The molecule has 9 nitrogen and oxygen atoms in total. The molecule has 37 heavy (non-hydrogen) atoms. The number of aromatic amines is 1. The molecule has 1 amide bonds. The molecule has 0 bridgehead atoms. The molecule has 1 saturated heterocycles. The summed E-state index contributed by atoms with van der Waals surface area (Å²) in [6, 6.07) is 18.7. The van der Waals surface area contributed by atoms with Crippen LogP contribution in [0.1, 0.15) is 30.3 Å². The Morgan fingerprint density at radius 1 is 0.946 bits per heavy atom. The standard InChI is InChI=1S/C28H30N6O3/c1-18-12-14-34(15-13-18)27-11-9-23(30-33-27)19-4-6-20(7-5-19)29-28(35)25-17-24(31-32-25)22-16-21(36-2)8-10-26(22)37-3/h4-11,16-18H,12-15H2,1-3H3,(H,29,35)(H,31,32). The molecule has 2 aromatic carbocycles. The van der Waals surface area contributed by atoms with Crippen molar-refractivity contribution in [3.63, 3.8) is 0 Å². The number of piperidine rings is 1. The number of hydrogen-bond donors (Lipinski definition) is 2. The number of methoxy groups -OCH3 is 2. The number of H-pyrrole nitrogens is 1. The molecule has 3 heterocycles. The van der Waals surface area contributed by atoms with E-state index in [9.17, 15) is 4.79 Å². The van der Waals surface area contributed by atoms with Crippen LogP contribution in [0.4, 0.5) is 11.5 Å². The molecule has 0 aliphatic carbocycles. The van der Waals surface area contributed by atoms with Crippen molar-refractivity contribution in [1.82, 2.24) is 20.4 Å². The van der Waals surface area contributed by atoms with Crippen molar-refractivity contribution >= 4 is 17.4 Å². The van der Waals surface area contributed by atoms with Crippen LogP contribution in [0.25, 0.3) is 22.5 Å². The van der Waals surface area contributed by atoms with Gasteiger partial charge in [-0.3, -0.25) is 9.89 Å². The van der Waals surface area contributed by atoms with E-state index in [1.165, 1.54) is 12.8 Å². The Morgan fingerprint density at radius 2 is 1.73 bits per heavy atom. The lowest BCUT2D eigenvalue weighted by Gasteiger charge is -2.30. The first-order valence-electron chi connectivity index (χ1n) is 12.3. The number of nitrogens with zero attached hydrogens (tertiary/aromatic N) is 4. The molecule has 190 valence electrons. The van der Waals surface area contributed by atoms with Crippen molar-refractivity contribution < 1.29 is 14.3 Å². The van der Waals surface area contributed by atoms with Crippen LogP contribution in [0, 0.1) is 5.92 Å². The lowest BCUT2D eigenvalue weighted by atomic mass is 9.99. The van der Waals surface area contributed by atoms with Gasteiger partial charge in [0.05, 0.1) is 25.6 Å². The molecule has 0 atom stereocenters. The minimum Gasteiger partial charge on any atom is -0.497 e. The smallest absolute Gasteiger partial charge is 0.273 e. The number of carbonyl (C=O) groups is 1. The van der Waals surface area contributed by atoms with Gasteiger partial charge < -0.3 is 19.7 Å². The van der Waals surface area contributed by atoms with E-state index in [1.807, 2.05) is 42.5 Å². The predicted molar refractivity (Wildman–Crippen MR) is 143 cm³/mol. The van der Waals surface area contributed by atoms with E-state index in [-0.39, 0.29) is 5.91 Å². The summed E-state index contributed by atoms with van der Waals surface area (Å²) in [5.41, 5.74) is 4.02. The van der Waals surface area contributed by atoms with Gasteiger partial charge >= 0.3 is 0 Å². The van der Waals surface area contributed by atoms with Gasteiger partial charge in [-0.2, -0.15) is 5.10 Å².